The van der Waals surface area contributed by atoms with Crippen LogP contribution in [0.5, 0.6) is 11.5 Å². The first kappa shape index (κ1) is 28.4. The van der Waals surface area contributed by atoms with Gasteiger partial charge in [0.25, 0.3) is 0 Å². The van der Waals surface area contributed by atoms with Crippen LogP contribution in [-0.4, -0.2) is 49.1 Å². The SMILES string of the molecule is CCCC(c1cc(C)cc(C)c1OP(=O)(O)O)c1cc(C)cc(C)c1OP(=O)(O)O.[NaH]. The first-order chi connectivity index (χ1) is 13.7. The van der Waals surface area contributed by atoms with Crippen LogP contribution in [0.1, 0.15) is 59.1 Å². The molecule has 8 nitrogen and oxygen atoms in total. The fourth-order valence-electron chi connectivity index (χ4n) is 3.75. The van der Waals surface area contributed by atoms with Gasteiger partial charge in [-0.3, -0.25) is 19.6 Å². The van der Waals surface area contributed by atoms with E-state index in [0.29, 0.717) is 35.1 Å². The van der Waals surface area contributed by atoms with Crippen molar-refractivity contribution in [3.63, 3.8) is 0 Å². The molecule has 0 aromatic heterocycles. The minimum atomic E-state index is -4.83. The van der Waals surface area contributed by atoms with Gasteiger partial charge in [-0.15, -0.1) is 0 Å². The maximum atomic E-state index is 11.6. The van der Waals surface area contributed by atoms with E-state index in [4.69, 9.17) is 9.05 Å². The van der Waals surface area contributed by atoms with Crippen molar-refractivity contribution in [1.82, 2.24) is 0 Å². The van der Waals surface area contributed by atoms with Gasteiger partial charge in [0.2, 0.25) is 0 Å². The van der Waals surface area contributed by atoms with Crippen LogP contribution < -0.4 is 9.05 Å². The standard InChI is InChI=1S/C20H28O8P2.Na.H/c1-6-7-16(17-10-12(2)8-14(4)19(17)27-29(21,22)23)18-11-13(3)9-15(5)20(18)28-30(24,25)26;;/h8-11,16H,6-7H2,1-5H3,(H2,21,22,23)(H2,24,25,26);;. The van der Waals surface area contributed by atoms with Crippen LogP contribution in [-0.2, 0) is 9.13 Å². The Balaban J connectivity index is 0.00000480. The summed E-state index contributed by atoms with van der Waals surface area (Å²) in [6.07, 6.45) is 1.25. The molecule has 168 valence electrons. The Bertz CT molecular complexity index is 949. The van der Waals surface area contributed by atoms with Gasteiger partial charge in [0.05, 0.1) is 0 Å². The summed E-state index contributed by atoms with van der Waals surface area (Å²) in [5.41, 5.74) is 3.89. The molecule has 11 heteroatoms. The zero-order chi connectivity index (χ0) is 22.9. The third kappa shape index (κ3) is 8.01. The zero-order valence-electron chi connectivity index (χ0n) is 17.6. The Morgan fingerprint density at radius 2 is 1.13 bits per heavy atom. The number of phosphoric acid groups is 2. The third-order valence-electron chi connectivity index (χ3n) is 4.64. The van der Waals surface area contributed by atoms with Gasteiger partial charge in [-0.2, -0.15) is 0 Å². The van der Waals surface area contributed by atoms with E-state index in [1.807, 2.05) is 20.8 Å². The van der Waals surface area contributed by atoms with Crippen molar-refractivity contribution in [2.75, 3.05) is 0 Å². The van der Waals surface area contributed by atoms with Crippen LogP contribution in [0, 0.1) is 27.7 Å². The molecule has 0 unspecified atom stereocenters. The number of benzene rings is 2. The summed E-state index contributed by atoms with van der Waals surface area (Å²) >= 11 is 0. The first-order valence-corrected chi connectivity index (χ1v) is 12.5. The first-order valence-electron chi connectivity index (χ1n) is 9.44. The van der Waals surface area contributed by atoms with E-state index in [0.717, 1.165) is 11.1 Å². The topological polar surface area (TPSA) is 134 Å². The van der Waals surface area contributed by atoms with Gasteiger partial charge in [0.1, 0.15) is 11.5 Å². The number of hydrogen-bond donors (Lipinski definition) is 4. The Morgan fingerprint density at radius 1 is 0.774 bits per heavy atom. The van der Waals surface area contributed by atoms with Gasteiger partial charge in [0, 0.05) is 17.0 Å². The maximum absolute atomic E-state index is 11.6. The molecular formula is C20H29NaO8P2. The van der Waals surface area contributed by atoms with Crippen LogP contribution in [0.3, 0.4) is 0 Å². The van der Waals surface area contributed by atoms with Crippen molar-refractivity contribution in [1.29, 1.82) is 0 Å². The molecule has 0 atom stereocenters. The molecule has 0 heterocycles. The van der Waals surface area contributed by atoms with Crippen LogP contribution >= 0.6 is 15.6 Å². The van der Waals surface area contributed by atoms with E-state index in [1.54, 1.807) is 38.1 Å². The molecule has 0 spiro atoms. The van der Waals surface area contributed by atoms with Gasteiger partial charge >= 0.3 is 45.2 Å². The molecule has 31 heavy (non-hydrogen) atoms. The molecular weight excluding hydrogens is 453 g/mol. The molecule has 2 aromatic rings. The normalized spacial score (nSPS) is 11.9. The average molecular weight is 482 g/mol. The van der Waals surface area contributed by atoms with E-state index in [-0.39, 0.29) is 41.1 Å². The van der Waals surface area contributed by atoms with E-state index in [1.165, 1.54) is 0 Å². The van der Waals surface area contributed by atoms with Crippen molar-refractivity contribution < 1.29 is 37.8 Å². The summed E-state index contributed by atoms with van der Waals surface area (Å²) in [6.45, 7) is 9.05. The van der Waals surface area contributed by atoms with Gasteiger partial charge in [-0.25, -0.2) is 9.13 Å². The fraction of sp³-hybridized carbons (Fsp3) is 0.400. The average Bonchev–Trinajstić information content (AvgIpc) is 2.55. The number of aryl methyl sites for hydroxylation is 4. The second-order valence-corrected chi connectivity index (χ2v) is 9.83. The predicted molar refractivity (Wildman–Crippen MR) is 121 cm³/mol. The van der Waals surface area contributed by atoms with Crippen molar-refractivity contribution in [3.05, 3.63) is 57.6 Å². The summed E-state index contributed by atoms with van der Waals surface area (Å²) in [5, 5.41) is 0. The monoisotopic (exact) mass is 482 g/mol. The summed E-state index contributed by atoms with van der Waals surface area (Å²) in [5.74, 6) is -0.336. The molecule has 0 saturated carbocycles. The Morgan fingerprint density at radius 3 is 1.42 bits per heavy atom. The molecule has 0 radical (unpaired) electrons. The number of rotatable bonds is 8. The molecule has 0 fully saturated rings. The quantitative estimate of drug-likeness (QED) is 0.326. The van der Waals surface area contributed by atoms with E-state index in [9.17, 15) is 28.7 Å². The van der Waals surface area contributed by atoms with Crippen molar-refractivity contribution in [2.24, 2.45) is 0 Å². The van der Waals surface area contributed by atoms with Crippen LogP contribution in [0.4, 0.5) is 0 Å². The Hall–Kier alpha value is -0.660. The summed E-state index contributed by atoms with van der Waals surface area (Å²) in [6, 6.07) is 7.06. The summed E-state index contributed by atoms with van der Waals surface area (Å²) < 4.78 is 33.3. The molecule has 0 aliphatic rings. The van der Waals surface area contributed by atoms with Gasteiger partial charge in [-0.1, -0.05) is 48.7 Å². The van der Waals surface area contributed by atoms with Crippen molar-refractivity contribution >= 4 is 45.2 Å². The van der Waals surface area contributed by atoms with Gasteiger partial charge in [-0.05, 0) is 45.2 Å². The van der Waals surface area contributed by atoms with Crippen LogP contribution in [0.2, 0.25) is 0 Å². The molecule has 0 saturated heterocycles. The summed E-state index contributed by atoms with van der Waals surface area (Å²) in [4.78, 5) is 37.7. The van der Waals surface area contributed by atoms with Crippen molar-refractivity contribution in [3.8, 4) is 11.5 Å². The van der Waals surface area contributed by atoms with Gasteiger partial charge < -0.3 is 9.05 Å². The fourth-order valence-corrected chi connectivity index (χ4v) is 4.72. The second kappa shape index (κ2) is 11.0. The van der Waals surface area contributed by atoms with E-state index in [2.05, 4.69) is 0 Å². The molecule has 4 N–H and O–H groups in total. The molecule has 2 aromatic carbocycles. The molecule has 2 rings (SSSR count). The Kier molecular flexibility index (Phi) is 10.0. The van der Waals surface area contributed by atoms with Crippen LogP contribution in [0.15, 0.2) is 24.3 Å². The number of phosphoric ester groups is 2. The Labute approximate surface area is 204 Å². The predicted octanol–water partition coefficient (Wildman–Crippen LogP) is 4.15. The van der Waals surface area contributed by atoms with Gasteiger partial charge in [0.15, 0.2) is 0 Å². The minimum absolute atomic E-state index is 0. The number of hydrogen-bond acceptors (Lipinski definition) is 4. The van der Waals surface area contributed by atoms with Crippen molar-refractivity contribution in [2.45, 2.75) is 53.4 Å². The second-order valence-electron chi connectivity index (χ2n) is 7.51. The van der Waals surface area contributed by atoms with E-state index < -0.39 is 21.6 Å². The zero-order valence-corrected chi connectivity index (χ0v) is 19.4. The van der Waals surface area contributed by atoms with E-state index >= 15 is 0 Å². The molecule has 0 amide bonds. The summed E-state index contributed by atoms with van der Waals surface area (Å²) in [7, 11) is -9.65. The molecule has 0 bridgehead atoms. The third-order valence-corrected chi connectivity index (χ3v) is 5.48. The molecule has 0 aliphatic carbocycles. The molecule has 0 aliphatic heterocycles. The van der Waals surface area contributed by atoms with Crippen LogP contribution in [0.25, 0.3) is 0 Å².